The molecule has 4 heteroatoms. The van der Waals surface area contributed by atoms with Gasteiger partial charge in [-0.2, -0.15) is 0 Å². The zero-order chi connectivity index (χ0) is 31.6. The molecule has 0 bridgehead atoms. The van der Waals surface area contributed by atoms with Crippen LogP contribution in [0.15, 0.2) is 60.7 Å². The van der Waals surface area contributed by atoms with Crippen LogP contribution in [0.3, 0.4) is 0 Å². The van der Waals surface area contributed by atoms with E-state index in [1.165, 1.54) is 22.3 Å². The molecule has 0 radical (unpaired) electrons. The predicted molar refractivity (Wildman–Crippen MR) is 174 cm³/mol. The second-order valence-electron chi connectivity index (χ2n) is 12.6. The molecule has 4 aromatic rings. The summed E-state index contributed by atoms with van der Waals surface area (Å²) in [5.74, 6) is 1.45. The van der Waals surface area contributed by atoms with Crippen molar-refractivity contribution in [1.29, 1.82) is 0 Å². The monoisotopic (exact) mass is 568 g/mol. The second kappa shape index (κ2) is 12.5. The van der Waals surface area contributed by atoms with E-state index in [0.717, 1.165) is 46.2 Å². The van der Waals surface area contributed by atoms with E-state index in [0.29, 0.717) is 23.0 Å². The summed E-state index contributed by atoms with van der Waals surface area (Å²) in [5.41, 5.74) is 9.83. The van der Waals surface area contributed by atoms with Crippen LogP contribution in [0.5, 0.6) is 23.0 Å². The van der Waals surface area contributed by atoms with Crippen LogP contribution in [-0.2, 0) is 23.7 Å². The maximum atomic E-state index is 9.96. The first-order valence-corrected chi connectivity index (χ1v) is 14.8. The van der Waals surface area contributed by atoms with Crippen molar-refractivity contribution in [2.75, 3.05) is 0 Å². The number of rotatable bonds is 6. The zero-order valence-electron chi connectivity index (χ0n) is 27.0. The fourth-order valence-corrected chi connectivity index (χ4v) is 5.48. The Morgan fingerprint density at radius 1 is 0.452 bits per heavy atom. The van der Waals surface area contributed by atoms with E-state index in [1.54, 1.807) is 12.1 Å². The van der Waals surface area contributed by atoms with Gasteiger partial charge in [-0.15, -0.1) is 0 Å². The topological polar surface area (TPSA) is 80.9 Å². The molecule has 42 heavy (non-hydrogen) atoms. The van der Waals surface area contributed by atoms with Crippen molar-refractivity contribution in [3.63, 3.8) is 0 Å². The Labute approximate surface area is 252 Å². The van der Waals surface area contributed by atoms with Gasteiger partial charge in [0.2, 0.25) is 0 Å². The molecule has 0 saturated carbocycles. The SMILES string of the molecule is CCc1cc(C(C)(C)c2ccc(O)c(CC)c2)ccc1O.Cc1cc(C(C)(C)c2cc(C)c(O)c(C)c2)cc(C)c1O. The van der Waals surface area contributed by atoms with Crippen molar-refractivity contribution in [2.45, 2.75) is 92.9 Å². The van der Waals surface area contributed by atoms with Crippen molar-refractivity contribution in [3.05, 3.63) is 116 Å². The standard InChI is InChI=1S/2C19H24O2/c1-11-7-15(8-12(2)17(11)20)19(5,6)16-9-13(3)18(21)14(4)10-16;1-5-13-11-15(7-9-17(13)20)19(3,4)16-8-10-18(21)14(6-2)12-16/h7-10,20-21H,1-6H3;7-12,20-21H,5-6H2,1-4H3. The highest BCUT2D eigenvalue weighted by Gasteiger charge is 2.26. The Kier molecular flexibility index (Phi) is 9.72. The van der Waals surface area contributed by atoms with Crippen LogP contribution >= 0.6 is 0 Å². The van der Waals surface area contributed by atoms with Gasteiger partial charge in [-0.3, -0.25) is 0 Å². The molecule has 0 saturated heterocycles. The highest BCUT2D eigenvalue weighted by atomic mass is 16.3. The summed E-state index contributed by atoms with van der Waals surface area (Å²) < 4.78 is 0. The summed E-state index contributed by atoms with van der Waals surface area (Å²) in [6, 6.07) is 19.8. The summed E-state index contributed by atoms with van der Waals surface area (Å²) in [7, 11) is 0. The van der Waals surface area contributed by atoms with Crippen LogP contribution in [-0.4, -0.2) is 20.4 Å². The lowest BCUT2D eigenvalue weighted by Gasteiger charge is -2.28. The van der Waals surface area contributed by atoms with E-state index in [9.17, 15) is 20.4 Å². The van der Waals surface area contributed by atoms with Gasteiger partial charge in [0.05, 0.1) is 0 Å². The molecule has 0 fully saturated rings. The molecule has 224 valence electrons. The van der Waals surface area contributed by atoms with Crippen LogP contribution in [0.2, 0.25) is 0 Å². The van der Waals surface area contributed by atoms with Crippen molar-refractivity contribution < 1.29 is 20.4 Å². The number of phenolic OH excluding ortho intramolecular Hbond substituents is 4. The van der Waals surface area contributed by atoms with Crippen molar-refractivity contribution in [1.82, 2.24) is 0 Å². The number of benzene rings is 4. The lowest BCUT2D eigenvalue weighted by Crippen LogP contribution is -2.19. The molecule has 0 aliphatic carbocycles. The van der Waals surface area contributed by atoms with Crippen molar-refractivity contribution in [3.8, 4) is 23.0 Å². The fourth-order valence-electron chi connectivity index (χ4n) is 5.48. The van der Waals surface area contributed by atoms with Gasteiger partial charge in [0.15, 0.2) is 0 Å². The zero-order valence-corrected chi connectivity index (χ0v) is 27.0. The van der Waals surface area contributed by atoms with E-state index in [-0.39, 0.29) is 10.8 Å². The number of aryl methyl sites for hydroxylation is 6. The summed E-state index contributed by atoms with van der Waals surface area (Å²) in [4.78, 5) is 0. The normalized spacial score (nSPS) is 11.7. The van der Waals surface area contributed by atoms with E-state index in [4.69, 9.17) is 0 Å². The Hall–Kier alpha value is -3.92. The second-order valence-corrected chi connectivity index (χ2v) is 12.6. The van der Waals surface area contributed by atoms with E-state index in [2.05, 4.69) is 39.8 Å². The Morgan fingerprint density at radius 2 is 0.738 bits per heavy atom. The van der Waals surface area contributed by atoms with Gasteiger partial charge in [0.1, 0.15) is 23.0 Å². The molecule has 0 spiro atoms. The molecule has 0 aliphatic heterocycles. The smallest absolute Gasteiger partial charge is 0.121 e. The average Bonchev–Trinajstić information content (AvgIpc) is 2.94. The largest absolute Gasteiger partial charge is 0.508 e. The molecule has 4 N–H and O–H groups in total. The molecule has 4 aromatic carbocycles. The molecule has 0 amide bonds. The summed E-state index contributed by atoms with van der Waals surface area (Å²) in [6.07, 6.45) is 1.62. The third kappa shape index (κ3) is 6.59. The Bertz CT molecular complexity index is 1420. The molecule has 4 nitrogen and oxygen atoms in total. The highest BCUT2D eigenvalue weighted by Crippen LogP contribution is 2.38. The van der Waals surface area contributed by atoms with Gasteiger partial charge in [-0.25, -0.2) is 0 Å². The van der Waals surface area contributed by atoms with Crippen LogP contribution in [0.25, 0.3) is 0 Å². The van der Waals surface area contributed by atoms with Crippen LogP contribution in [0.4, 0.5) is 0 Å². The maximum Gasteiger partial charge on any atom is 0.121 e. The van der Waals surface area contributed by atoms with Crippen LogP contribution in [0, 0.1) is 27.7 Å². The van der Waals surface area contributed by atoms with Gasteiger partial charge in [0.25, 0.3) is 0 Å². The Morgan fingerprint density at radius 3 is 1.02 bits per heavy atom. The number of hydrogen-bond acceptors (Lipinski definition) is 4. The molecule has 0 aromatic heterocycles. The average molecular weight is 569 g/mol. The van der Waals surface area contributed by atoms with Gasteiger partial charge < -0.3 is 20.4 Å². The molecular weight excluding hydrogens is 520 g/mol. The van der Waals surface area contributed by atoms with Gasteiger partial charge in [-0.1, -0.05) is 90.1 Å². The van der Waals surface area contributed by atoms with E-state index < -0.39 is 0 Å². The fraction of sp³-hybridized carbons (Fsp3) is 0.368. The lowest BCUT2D eigenvalue weighted by molar-refractivity contribution is 0.464. The minimum Gasteiger partial charge on any atom is -0.508 e. The molecule has 0 heterocycles. The van der Waals surface area contributed by atoms with Crippen LogP contribution < -0.4 is 0 Å². The highest BCUT2D eigenvalue weighted by molar-refractivity contribution is 5.51. The maximum absolute atomic E-state index is 9.96. The quantitative estimate of drug-likeness (QED) is 0.187. The predicted octanol–water partition coefficient (Wildman–Crippen LogP) is 9.21. The first-order valence-electron chi connectivity index (χ1n) is 14.8. The minimum atomic E-state index is -0.188. The third-order valence-corrected chi connectivity index (χ3v) is 8.79. The summed E-state index contributed by atoms with van der Waals surface area (Å²) in [5, 5.41) is 39.6. The first-order chi connectivity index (χ1) is 19.5. The van der Waals surface area contributed by atoms with Gasteiger partial charge in [0, 0.05) is 10.8 Å². The van der Waals surface area contributed by atoms with Crippen LogP contribution in [0.1, 0.15) is 97.2 Å². The number of aromatic hydroxyl groups is 4. The Balaban J connectivity index is 0.000000230. The first kappa shape index (κ1) is 32.6. The van der Waals surface area contributed by atoms with Gasteiger partial charge >= 0.3 is 0 Å². The minimum absolute atomic E-state index is 0.171. The van der Waals surface area contributed by atoms with Crippen molar-refractivity contribution in [2.24, 2.45) is 0 Å². The molecule has 4 rings (SSSR count). The molecule has 0 atom stereocenters. The lowest BCUT2D eigenvalue weighted by atomic mass is 9.76. The van der Waals surface area contributed by atoms with E-state index >= 15 is 0 Å². The van der Waals surface area contributed by atoms with Gasteiger partial charge in [-0.05, 0) is 108 Å². The number of hydrogen-bond donors (Lipinski definition) is 4. The molecule has 0 unspecified atom stereocenters. The molecule has 0 aliphatic rings. The summed E-state index contributed by atoms with van der Waals surface area (Å²) in [6.45, 7) is 20.5. The molecular formula is C38H48O4. The van der Waals surface area contributed by atoms with Crippen molar-refractivity contribution >= 4 is 0 Å². The number of phenols is 4. The van der Waals surface area contributed by atoms with E-state index in [1.807, 2.05) is 77.9 Å². The third-order valence-electron chi connectivity index (χ3n) is 8.79. The summed E-state index contributed by atoms with van der Waals surface area (Å²) >= 11 is 0.